The molecule has 0 spiro atoms. The number of sulfonamides is 1. The van der Waals surface area contributed by atoms with E-state index >= 15 is 0 Å². The molecule has 1 heterocycles. The largest absolute Gasteiger partial charge is 0.340 e. The molecule has 196 valence electrons. The molecule has 3 aromatic carbocycles. The minimum absolute atomic E-state index is 0.140. The number of aryl methyl sites for hydroxylation is 1. The Hall–Kier alpha value is -3.00. The van der Waals surface area contributed by atoms with Crippen LogP contribution in [0.15, 0.2) is 89.8 Å². The molecule has 1 fully saturated rings. The Morgan fingerprint density at radius 2 is 1.32 bits per heavy atom. The third kappa shape index (κ3) is 7.28. The molecule has 1 saturated heterocycles. The molecule has 6 nitrogen and oxygen atoms in total. The van der Waals surface area contributed by atoms with Gasteiger partial charge in [0.15, 0.2) is 0 Å². The Bertz CT molecular complexity index is 1220. The number of piperazine rings is 1. The summed E-state index contributed by atoms with van der Waals surface area (Å²) in [6.07, 6.45) is 0.996. The van der Waals surface area contributed by atoms with Crippen molar-refractivity contribution in [1.29, 1.82) is 0 Å². The molecule has 0 saturated carbocycles. The highest BCUT2D eigenvalue weighted by molar-refractivity contribution is 7.89. The molecule has 0 atom stereocenters. The monoisotopic (exact) mass is 519 g/mol. The molecule has 0 radical (unpaired) electrons. The van der Waals surface area contributed by atoms with Crippen molar-refractivity contribution in [1.82, 2.24) is 14.5 Å². The fourth-order valence-corrected chi connectivity index (χ4v) is 6.24. The Labute approximate surface area is 221 Å². The number of carbonyl (C=O) groups is 1. The first kappa shape index (κ1) is 27.0. The van der Waals surface area contributed by atoms with E-state index in [0.717, 1.165) is 18.7 Å². The van der Waals surface area contributed by atoms with Crippen molar-refractivity contribution in [2.75, 3.05) is 26.2 Å². The predicted octanol–water partition coefficient (Wildman–Crippen LogP) is 4.63. The van der Waals surface area contributed by atoms with E-state index in [-0.39, 0.29) is 16.8 Å². The van der Waals surface area contributed by atoms with E-state index in [2.05, 4.69) is 58.2 Å². The Balaban J connectivity index is 1.33. The zero-order valence-electron chi connectivity index (χ0n) is 21.9. The predicted molar refractivity (Wildman–Crippen MR) is 148 cm³/mol. The lowest BCUT2D eigenvalue weighted by molar-refractivity contribution is -0.133. The maximum Gasteiger partial charge on any atom is 0.241 e. The van der Waals surface area contributed by atoms with Crippen LogP contribution in [0.3, 0.4) is 0 Å². The van der Waals surface area contributed by atoms with Crippen LogP contribution in [-0.4, -0.2) is 55.8 Å². The first-order valence-electron chi connectivity index (χ1n) is 12.9. The minimum atomic E-state index is -3.57. The van der Waals surface area contributed by atoms with Crippen LogP contribution < -0.4 is 4.72 Å². The van der Waals surface area contributed by atoms with Crippen molar-refractivity contribution < 1.29 is 13.2 Å². The third-order valence-electron chi connectivity index (χ3n) is 6.56. The van der Waals surface area contributed by atoms with Crippen LogP contribution in [0.5, 0.6) is 0 Å². The second-order valence-corrected chi connectivity index (χ2v) is 12.3. The fraction of sp³-hybridized carbons (Fsp3) is 0.367. The number of benzene rings is 3. The number of hydrogen-bond donors (Lipinski definition) is 1. The molecule has 1 N–H and O–H groups in total. The van der Waals surface area contributed by atoms with E-state index in [1.807, 2.05) is 37.8 Å². The Morgan fingerprint density at radius 1 is 0.811 bits per heavy atom. The van der Waals surface area contributed by atoms with Crippen LogP contribution in [0.1, 0.15) is 49.9 Å². The minimum Gasteiger partial charge on any atom is -0.340 e. The van der Waals surface area contributed by atoms with Gasteiger partial charge in [0.2, 0.25) is 15.9 Å². The average Bonchev–Trinajstić information content (AvgIpc) is 2.88. The molecule has 0 bridgehead atoms. The van der Waals surface area contributed by atoms with Crippen molar-refractivity contribution in [3.63, 3.8) is 0 Å². The summed E-state index contributed by atoms with van der Waals surface area (Å²) in [4.78, 5) is 17.6. The second kappa shape index (κ2) is 11.6. The number of carbonyl (C=O) groups excluding carboxylic acids is 1. The third-order valence-corrected chi connectivity index (χ3v) is 8.34. The zero-order chi connectivity index (χ0) is 26.5. The maximum absolute atomic E-state index is 13.0. The van der Waals surface area contributed by atoms with Gasteiger partial charge < -0.3 is 4.90 Å². The molecule has 37 heavy (non-hydrogen) atoms. The van der Waals surface area contributed by atoms with Gasteiger partial charge in [-0.3, -0.25) is 9.69 Å². The lowest BCUT2D eigenvalue weighted by Crippen LogP contribution is -2.49. The van der Waals surface area contributed by atoms with E-state index in [4.69, 9.17) is 0 Å². The van der Waals surface area contributed by atoms with Crippen LogP contribution in [0.2, 0.25) is 0 Å². The van der Waals surface area contributed by atoms with Gasteiger partial charge in [0, 0.05) is 38.1 Å². The van der Waals surface area contributed by atoms with Crippen molar-refractivity contribution in [2.45, 2.75) is 50.1 Å². The van der Waals surface area contributed by atoms with Gasteiger partial charge in [-0.2, -0.15) is 0 Å². The van der Waals surface area contributed by atoms with Crippen LogP contribution in [0.4, 0.5) is 0 Å². The maximum atomic E-state index is 13.0. The number of amides is 1. The summed E-state index contributed by atoms with van der Waals surface area (Å²) in [5.41, 5.74) is 2.93. The normalized spacial score (nSPS) is 15.2. The molecule has 0 unspecified atom stereocenters. The van der Waals surface area contributed by atoms with E-state index in [1.165, 1.54) is 11.1 Å². The summed E-state index contributed by atoms with van der Waals surface area (Å²) in [5, 5.41) is 0. The first-order valence-corrected chi connectivity index (χ1v) is 14.4. The van der Waals surface area contributed by atoms with Gasteiger partial charge in [-0.1, -0.05) is 72.8 Å². The van der Waals surface area contributed by atoms with Crippen LogP contribution in [-0.2, 0) is 21.2 Å². The molecule has 4 rings (SSSR count). The SMILES string of the molecule is CC(C)(C)NS(=O)(=O)c1ccc(CCC(=O)N2CCN(C(c3ccccc3)c3ccccc3)CC2)cc1. The van der Waals surface area contributed by atoms with Crippen molar-refractivity contribution in [3.05, 3.63) is 102 Å². The lowest BCUT2D eigenvalue weighted by Gasteiger charge is -2.40. The second-order valence-electron chi connectivity index (χ2n) is 10.6. The smallest absolute Gasteiger partial charge is 0.241 e. The van der Waals surface area contributed by atoms with E-state index < -0.39 is 15.6 Å². The van der Waals surface area contributed by atoms with Gasteiger partial charge >= 0.3 is 0 Å². The Kier molecular flexibility index (Phi) is 8.47. The van der Waals surface area contributed by atoms with Gasteiger partial charge in [0.25, 0.3) is 0 Å². The van der Waals surface area contributed by atoms with Gasteiger partial charge in [0.1, 0.15) is 0 Å². The fourth-order valence-electron chi connectivity index (χ4n) is 4.82. The highest BCUT2D eigenvalue weighted by Crippen LogP contribution is 2.29. The molecular weight excluding hydrogens is 482 g/mol. The molecule has 0 aromatic heterocycles. The topological polar surface area (TPSA) is 69.7 Å². The van der Waals surface area contributed by atoms with E-state index in [9.17, 15) is 13.2 Å². The molecule has 1 aliphatic rings. The van der Waals surface area contributed by atoms with Crippen LogP contribution in [0.25, 0.3) is 0 Å². The van der Waals surface area contributed by atoms with E-state index in [1.54, 1.807) is 24.3 Å². The highest BCUT2D eigenvalue weighted by atomic mass is 32.2. The Morgan fingerprint density at radius 3 is 1.81 bits per heavy atom. The molecular formula is C30H37N3O3S. The van der Waals surface area contributed by atoms with Gasteiger partial charge in [-0.05, 0) is 56.0 Å². The zero-order valence-corrected chi connectivity index (χ0v) is 22.7. The average molecular weight is 520 g/mol. The summed E-state index contributed by atoms with van der Waals surface area (Å²) < 4.78 is 27.7. The number of nitrogens with one attached hydrogen (secondary N) is 1. The van der Waals surface area contributed by atoms with Crippen LogP contribution in [0, 0.1) is 0 Å². The first-order chi connectivity index (χ1) is 17.6. The van der Waals surface area contributed by atoms with Crippen molar-refractivity contribution >= 4 is 15.9 Å². The van der Waals surface area contributed by atoms with Crippen LogP contribution >= 0.6 is 0 Å². The lowest BCUT2D eigenvalue weighted by atomic mass is 9.96. The van der Waals surface area contributed by atoms with Gasteiger partial charge in [-0.25, -0.2) is 13.1 Å². The van der Waals surface area contributed by atoms with Gasteiger partial charge in [-0.15, -0.1) is 0 Å². The molecule has 3 aromatic rings. The number of rotatable bonds is 8. The number of hydrogen-bond acceptors (Lipinski definition) is 4. The summed E-state index contributed by atoms with van der Waals surface area (Å²) in [7, 11) is -3.57. The van der Waals surface area contributed by atoms with E-state index in [0.29, 0.717) is 25.9 Å². The van der Waals surface area contributed by atoms with Crippen molar-refractivity contribution in [3.8, 4) is 0 Å². The molecule has 0 aliphatic carbocycles. The molecule has 1 amide bonds. The summed E-state index contributed by atoms with van der Waals surface area (Å²) in [6, 6.07) is 28.1. The summed E-state index contributed by atoms with van der Waals surface area (Å²) in [6.45, 7) is 8.46. The number of nitrogens with zero attached hydrogens (tertiary/aromatic N) is 2. The quantitative estimate of drug-likeness (QED) is 0.471. The molecule has 1 aliphatic heterocycles. The summed E-state index contributed by atoms with van der Waals surface area (Å²) >= 11 is 0. The standard InChI is InChI=1S/C30H37N3O3S/c1-30(2,3)31-37(35,36)27-17-14-24(15-18-27)16-19-28(34)32-20-22-33(23-21-32)29(25-10-6-4-7-11-25)26-12-8-5-9-13-26/h4-15,17-18,29,31H,16,19-23H2,1-3H3. The highest BCUT2D eigenvalue weighted by Gasteiger charge is 2.28. The van der Waals surface area contributed by atoms with Gasteiger partial charge in [0.05, 0.1) is 10.9 Å². The summed E-state index contributed by atoms with van der Waals surface area (Å²) in [5.74, 6) is 0.140. The molecule has 7 heteroatoms. The van der Waals surface area contributed by atoms with Crippen molar-refractivity contribution in [2.24, 2.45) is 0 Å².